The lowest BCUT2D eigenvalue weighted by Gasteiger charge is -2.34. The Morgan fingerprint density at radius 2 is 1.68 bits per heavy atom. The summed E-state index contributed by atoms with van der Waals surface area (Å²) in [5, 5.41) is 3.14. The van der Waals surface area contributed by atoms with Gasteiger partial charge < -0.3 is 10.2 Å². The predicted octanol–water partition coefficient (Wildman–Crippen LogP) is 5.82. The molecule has 3 aromatic rings. The number of benzene rings is 3. The summed E-state index contributed by atoms with van der Waals surface area (Å²) in [5.74, 6) is -0.648. The predicted molar refractivity (Wildman–Crippen MR) is 161 cm³/mol. The van der Waals surface area contributed by atoms with Gasteiger partial charge in [0, 0.05) is 17.1 Å². The van der Waals surface area contributed by atoms with Gasteiger partial charge in [-0.3, -0.25) is 13.9 Å². The fraction of sp³-hybridized carbons (Fsp3) is 0.355. The molecule has 0 saturated heterocycles. The van der Waals surface area contributed by atoms with Gasteiger partial charge in [-0.05, 0) is 62.1 Å². The number of hydrogen-bond acceptors (Lipinski definition) is 4. The van der Waals surface area contributed by atoms with Crippen molar-refractivity contribution in [2.75, 3.05) is 10.8 Å². The Morgan fingerprint density at radius 3 is 2.33 bits per heavy atom. The fourth-order valence-corrected chi connectivity index (χ4v) is 6.99. The van der Waals surface area contributed by atoms with E-state index in [1.54, 1.807) is 42.5 Å². The summed E-state index contributed by atoms with van der Waals surface area (Å²) < 4.78 is 29.5. The highest BCUT2D eigenvalue weighted by Gasteiger charge is 2.34. The number of rotatable bonds is 11. The van der Waals surface area contributed by atoms with Crippen LogP contribution in [0.25, 0.3) is 0 Å². The van der Waals surface area contributed by atoms with E-state index in [2.05, 4.69) is 21.2 Å². The minimum atomic E-state index is -4.09. The number of carbonyl (C=O) groups excluding carboxylic acids is 2. The number of hydrogen-bond donors (Lipinski definition) is 1. The Morgan fingerprint density at radius 1 is 0.975 bits per heavy atom. The average Bonchev–Trinajstić information content (AvgIpc) is 3.45. The van der Waals surface area contributed by atoms with E-state index in [0.29, 0.717) is 16.6 Å². The monoisotopic (exact) mass is 625 g/mol. The zero-order valence-electron chi connectivity index (χ0n) is 22.9. The highest BCUT2D eigenvalue weighted by atomic mass is 79.9. The number of sulfonamides is 1. The molecule has 212 valence electrons. The van der Waals surface area contributed by atoms with Crippen LogP contribution < -0.4 is 9.62 Å². The van der Waals surface area contributed by atoms with Crippen molar-refractivity contribution in [3.63, 3.8) is 0 Å². The molecule has 0 unspecified atom stereocenters. The molecule has 0 spiro atoms. The molecule has 7 nitrogen and oxygen atoms in total. The number of aryl methyl sites for hydroxylation is 1. The van der Waals surface area contributed by atoms with Gasteiger partial charge in [-0.15, -0.1) is 0 Å². The Labute approximate surface area is 245 Å². The Bertz CT molecular complexity index is 1430. The van der Waals surface area contributed by atoms with Crippen molar-refractivity contribution in [1.29, 1.82) is 0 Å². The van der Waals surface area contributed by atoms with Crippen LogP contribution in [0.4, 0.5) is 5.69 Å². The third-order valence-electron chi connectivity index (χ3n) is 7.23. The SMILES string of the molecule is CC[C@@H](C(=O)NC1CCCC1)N(Cc1cccc(C)c1)C(=O)CN(c1cccc(Br)c1)S(=O)(=O)c1ccccc1. The summed E-state index contributed by atoms with van der Waals surface area (Å²) >= 11 is 3.42. The maximum atomic E-state index is 14.1. The van der Waals surface area contributed by atoms with E-state index in [0.717, 1.165) is 41.1 Å². The van der Waals surface area contributed by atoms with Crippen molar-refractivity contribution in [2.24, 2.45) is 0 Å². The van der Waals surface area contributed by atoms with Crippen molar-refractivity contribution in [2.45, 2.75) is 69.5 Å². The minimum absolute atomic E-state index is 0.0824. The maximum Gasteiger partial charge on any atom is 0.264 e. The molecule has 0 aliphatic heterocycles. The van der Waals surface area contributed by atoms with E-state index in [1.807, 2.05) is 38.1 Å². The van der Waals surface area contributed by atoms with Gasteiger partial charge >= 0.3 is 0 Å². The second-order valence-electron chi connectivity index (χ2n) is 10.2. The third-order valence-corrected chi connectivity index (χ3v) is 9.51. The molecule has 40 heavy (non-hydrogen) atoms. The topological polar surface area (TPSA) is 86.8 Å². The van der Waals surface area contributed by atoms with E-state index in [4.69, 9.17) is 0 Å². The highest BCUT2D eigenvalue weighted by Crippen LogP contribution is 2.27. The molecule has 0 bridgehead atoms. The summed E-state index contributed by atoms with van der Waals surface area (Å²) in [4.78, 5) is 29.3. The van der Waals surface area contributed by atoms with Crippen molar-refractivity contribution in [3.05, 3.63) is 94.5 Å². The quantitative estimate of drug-likeness (QED) is 0.291. The summed E-state index contributed by atoms with van der Waals surface area (Å²) in [7, 11) is -4.09. The molecule has 0 heterocycles. The lowest BCUT2D eigenvalue weighted by Crippen LogP contribution is -2.53. The zero-order valence-corrected chi connectivity index (χ0v) is 25.3. The van der Waals surface area contributed by atoms with Gasteiger partial charge in [0.15, 0.2) is 0 Å². The smallest absolute Gasteiger partial charge is 0.264 e. The van der Waals surface area contributed by atoms with Crippen LogP contribution in [-0.4, -0.2) is 43.8 Å². The van der Waals surface area contributed by atoms with Crippen molar-refractivity contribution in [3.8, 4) is 0 Å². The molecular weight excluding hydrogens is 590 g/mol. The van der Waals surface area contributed by atoms with Gasteiger partial charge in [0.05, 0.1) is 10.6 Å². The van der Waals surface area contributed by atoms with E-state index in [9.17, 15) is 18.0 Å². The van der Waals surface area contributed by atoms with Gasteiger partial charge in [0.2, 0.25) is 11.8 Å². The van der Waals surface area contributed by atoms with Crippen LogP contribution in [-0.2, 0) is 26.2 Å². The first kappa shape index (κ1) is 29.8. The average molecular weight is 627 g/mol. The second kappa shape index (κ2) is 13.5. The Kier molecular flexibility index (Phi) is 10.0. The molecule has 1 aliphatic rings. The molecule has 3 aromatic carbocycles. The van der Waals surface area contributed by atoms with E-state index in [1.165, 1.54) is 17.0 Å². The molecule has 2 amide bonds. The number of carbonyl (C=O) groups is 2. The lowest BCUT2D eigenvalue weighted by molar-refractivity contribution is -0.140. The Hall–Kier alpha value is -3.17. The van der Waals surface area contributed by atoms with Crippen LogP contribution in [0.3, 0.4) is 0 Å². The summed E-state index contributed by atoms with van der Waals surface area (Å²) in [5.41, 5.74) is 2.27. The van der Waals surface area contributed by atoms with Crippen LogP contribution in [0.5, 0.6) is 0 Å². The van der Waals surface area contributed by atoms with Crippen LogP contribution in [0.15, 0.2) is 88.2 Å². The first-order valence-corrected chi connectivity index (χ1v) is 15.9. The van der Waals surface area contributed by atoms with Gasteiger partial charge in [0.25, 0.3) is 10.0 Å². The second-order valence-corrected chi connectivity index (χ2v) is 13.0. The normalized spacial score (nSPS) is 14.5. The summed E-state index contributed by atoms with van der Waals surface area (Å²) in [6, 6.07) is 22.1. The zero-order chi connectivity index (χ0) is 28.7. The van der Waals surface area contributed by atoms with Crippen LogP contribution in [0.2, 0.25) is 0 Å². The van der Waals surface area contributed by atoms with Crippen molar-refractivity contribution in [1.82, 2.24) is 10.2 Å². The molecule has 1 aliphatic carbocycles. The number of amides is 2. The third kappa shape index (κ3) is 7.31. The van der Waals surface area contributed by atoms with Crippen molar-refractivity contribution < 1.29 is 18.0 Å². The van der Waals surface area contributed by atoms with Crippen LogP contribution in [0.1, 0.15) is 50.2 Å². The lowest BCUT2D eigenvalue weighted by atomic mass is 10.1. The Balaban J connectivity index is 1.71. The summed E-state index contributed by atoms with van der Waals surface area (Å²) in [6.07, 6.45) is 4.41. The first-order chi connectivity index (χ1) is 19.2. The number of nitrogens with zero attached hydrogens (tertiary/aromatic N) is 2. The minimum Gasteiger partial charge on any atom is -0.352 e. The molecule has 1 atom stereocenters. The molecular formula is C31H36BrN3O4S. The van der Waals surface area contributed by atoms with Gasteiger partial charge in [-0.25, -0.2) is 8.42 Å². The van der Waals surface area contributed by atoms with E-state index >= 15 is 0 Å². The van der Waals surface area contributed by atoms with Gasteiger partial charge in [-0.2, -0.15) is 0 Å². The summed E-state index contributed by atoms with van der Waals surface area (Å²) in [6.45, 7) is 3.59. The highest BCUT2D eigenvalue weighted by molar-refractivity contribution is 9.10. The maximum absolute atomic E-state index is 14.1. The van der Waals surface area contributed by atoms with E-state index < -0.39 is 28.5 Å². The molecule has 0 aromatic heterocycles. The van der Waals surface area contributed by atoms with Gasteiger partial charge in [-0.1, -0.05) is 89.8 Å². The largest absolute Gasteiger partial charge is 0.352 e. The van der Waals surface area contributed by atoms with Gasteiger partial charge in [0.1, 0.15) is 12.6 Å². The first-order valence-electron chi connectivity index (χ1n) is 13.7. The number of anilines is 1. The van der Waals surface area contributed by atoms with E-state index in [-0.39, 0.29) is 23.4 Å². The molecule has 0 radical (unpaired) electrons. The fourth-order valence-electron chi connectivity index (χ4n) is 5.17. The molecule has 9 heteroatoms. The molecule has 1 saturated carbocycles. The molecule has 1 fully saturated rings. The van der Waals surface area contributed by atoms with Crippen LogP contribution >= 0.6 is 15.9 Å². The standard InChI is InChI=1S/C31H36BrN3O4S/c1-3-29(31(37)33-26-14-7-8-15-26)34(21-24-12-9-11-23(2)19-24)30(36)22-35(27-16-10-13-25(32)20-27)40(38,39)28-17-5-4-6-18-28/h4-6,9-13,16-20,26,29H,3,7-8,14-15,21-22H2,1-2H3,(H,33,37)/t29-/m0/s1. The molecule has 1 N–H and O–H groups in total. The van der Waals surface area contributed by atoms with Crippen LogP contribution in [0, 0.1) is 6.92 Å². The molecule has 4 rings (SSSR count). The van der Waals surface area contributed by atoms with Crippen molar-refractivity contribution >= 4 is 43.5 Å². The number of nitrogens with one attached hydrogen (secondary N) is 1. The number of halogens is 1.